The number of hydrogen-bond acceptors (Lipinski definition) is 6. The Balaban J connectivity index is 1.51. The van der Waals surface area contributed by atoms with Crippen LogP contribution in [-0.4, -0.2) is 43.4 Å². The van der Waals surface area contributed by atoms with Gasteiger partial charge in [-0.25, -0.2) is 4.39 Å². The number of halogens is 1. The summed E-state index contributed by atoms with van der Waals surface area (Å²) in [7, 11) is 0. The molecule has 3 heterocycles. The van der Waals surface area contributed by atoms with E-state index in [1.54, 1.807) is 12.1 Å². The summed E-state index contributed by atoms with van der Waals surface area (Å²) in [4.78, 5) is 13.9. The number of nitrogens with one attached hydrogen (secondary N) is 1. The topological polar surface area (TPSA) is 111 Å². The zero-order chi connectivity index (χ0) is 22.0. The van der Waals surface area contributed by atoms with Gasteiger partial charge in [0.25, 0.3) is 0 Å². The predicted molar refractivity (Wildman–Crippen MR) is 109 cm³/mol. The SMILES string of the molecule is Cc1c(C#N)c(NC(=O)Cn2nnc(-c3ccc(F)cc3)n2)n(CC2CCCO2)c1C. The number of carbonyl (C=O) groups excluding carboxylic acids is 1. The van der Waals surface area contributed by atoms with E-state index in [-0.39, 0.29) is 24.4 Å². The number of carbonyl (C=O) groups is 1. The van der Waals surface area contributed by atoms with Crippen LogP contribution in [0.4, 0.5) is 10.2 Å². The highest BCUT2D eigenvalue weighted by Gasteiger charge is 2.24. The number of benzene rings is 1. The lowest BCUT2D eigenvalue weighted by Gasteiger charge is -2.16. The monoisotopic (exact) mass is 423 g/mol. The van der Waals surface area contributed by atoms with Crippen LogP contribution in [0.5, 0.6) is 0 Å². The standard InChI is InChI=1S/C21H22FN7O2/c1-13-14(2)28(11-17-4-3-9-31-17)21(18(13)10-23)24-19(30)12-29-26-20(25-27-29)15-5-7-16(22)8-6-15/h5-8,17H,3-4,9,11-12H2,1-2H3,(H,24,30). The van der Waals surface area contributed by atoms with Gasteiger partial charge in [0, 0.05) is 17.9 Å². The van der Waals surface area contributed by atoms with E-state index in [1.807, 2.05) is 18.4 Å². The van der Waals surface area contributed by atoms with Crippen molar-refractivity contribution in [3.63, 3.8) is 0 Å². The number of anilines is 1. The maximum Gasteiger partial charge on any atom is 0.249 e. The zero-order valence-corrected chi connectivity index (χ0v) is 17.3. The van der Waals surface area contributed by atoms with Gasteiger partial charge in [0.15, 0.2) is 0 Å². The third-order valence-corrected chi connectivity index (χ3v) is 5.45. The van der Waals surface area contributed by atoms with Crippen LogP contribution in [0.15, 0.2) is 24.3 Å². The fourth-order valence-electron chi connectivity index (χ4n) is 3.68. The molecular weight excluding hydrogens is 401 g/mol. The third-order valence-electron chi connectivity index (χ3n) is 5.45. The van der Waals surface area contributed by atoms with E-state index in [0.717, 1.165) is 35.5 Å². The highest BCUT2D eigenvalue weighted by molar-refractivity contribution is 5.91. The van der Waals surface area contributed by atoms with Crippen molar-refractivity contribution in [3.05, 3.63) is 46.9 Å². The minimum atomic E-state index is -0.384. The van der Waals surface area contributed by atoms with E-state index in [9.17, 15) is 14.4 Å². The van der Waals surface area contributed by atoms with Crippen LogP contribution in [0.1, 0.15) is 29.7 Å². The van der Waals surface area contributed by atoms with Gasteiger partial charge in [0.2, 0.25) is 11.7 Å². The lowest BCUT2D eigenvalue weighted by molar-refractivity contribution is -0.117. The fourth-order valence-corrected chi connectivity index (χ4v) is 3.68. The first kappa shape index (κ1) is 20.7. The second-order valence-corrected chi connectivity index (χ2v) is 7.49. The molecule has 0 spiro atoms. The summed E-state index contributed by atoms with van der Waals surface area (Å²) in [6.45, 7) is 4.91. The van der Waals surface area contributed by atoms with Crippen molar-refractivity contribution in [1.29, 1.82) is 5.26 Å². The molecule has 1 N–H and O–H groups in total. The zero-order valence-electron chi connectivity index (χ0n) is 17.3. The smallest absolute Gasteiger partial charge is 0.249 e. The molecule has 10 heteroatoms. The first-order valence-corrected chi connectivity index (χ1v) is 10.0. The van der Waals surface area contributed by atoms with Crippen LogP contribution in [-0.2, 0) is 22.6 Å². The fraction of sp³-hybridized carbons (Fsp3) is 0.381. The second-order valence-electron chi connectivity index (χ2n) is 7.49. The Morgan fingerprint density at radius 3 is 2.81 bits per heavy atom. The molecule has 31 heavy (non-hydrogen) atoms. The lowest BCUT2D eigenvalue weighted by Crippen LogP contribution is -2.24. The van der Waals surface area contributed by atoms with Crippen LogP contribution in [0.2, 0.25) is 0 Å². The highest BCUT2D eigenvalue weighted by atomic mass is 19.1. The molecule has 160 valence electrons. The average Bonchev–Trinajstić information content (AvgIpc) is 3.47. The Morgan fingerprint density at radius 2 is 2.13 bits per heavy atom. The molecular formula is C21H22FN7O2. The second kappa shape index (κ2) is 8.65. The predicted octanol–water partition coefficient (Wildman–Crippen LogP) is 2.59. The van der Waals surface area contributed by atoms with E-state index < -0.39 is 0 Å². The molecule has 1 fully saturated rings. The van der Waals surface area contributed by atoms with Crippen molar-refractivity contribution in [1.82, 2.24) is 24.8 Å². The van der Waals surface area contributed by atoms with Crippen molar-refractivity contribution >= 4 is 11.7 Å². The largest absolute Gasteiger partial charge is 0.376 e. The molecule has 1 amide bonds. The van der Waals surface area contributed by atoms with Gasteiger partial charge in [-0.05, 0) is 61.7 Å². The number of nitrogens with zero attached hydrogens (tertiary/aromatic N) is 6. The van der Waals surface area contributed by atoms with E-state index in [2.05, 4.69) is 26.8 Å². The van der Waals surface area contributed by atoms with Gasteiger partial charge < -0.3 is 14.6 Å². The Kier molecular flexibility index (Phi) is 5.77. The molecule has 2 aromatic heterocycles. The van der Waals surface area contributed by atoms with E-state index >= 15 is 0 Å². The van der Waals surface area contributed by atoms with Crippen LogP contribution in [0.3, 0.4) is 0 Å². The summed E-state index contributed by atoms with van der Waals surface area (Å²) < 4.78 is 20.8. The molecule has 1 saturated heterocycles. The number of nitriles is 1. The van der Waals surface area contributed by atoms with Crippen LogP contribution >= 0.6 is 0 Å². The summed E-state index contributed by atoms with van der Waals surface area (Å²) >= 11 is 0. The van der Waals surface area contributed by atoms with Gasteiger partial charge >= 0.3 is 0 Å². The van der Waals surface area contributed by atoms with Crippen LogP contribution < -0.4 is 5.32 Å². The molecule has 3 aromatic rings. The Morgan fingerprint density at radius 1 is 1.35 bits per heavy atom. The number of rotatable bonds is 6. The minimum Gasteiger partial charge on any atom is -0.376 e. The molecule has 9 nitrogen and oxygen atoms in total. The normalized spacial score (nSPS) is 15.7. The molecule has 1 aliphatic rings. The Bertz CT molecular complexity index is 1140. The van der Waals surface area contributed by atoms with E-state index in [1.165, 1.54) is 12.1 Å². The third kappa shape index (κ3) is 4.32. The number of ether oxygens (including phenoxy) is 1. The molecule has 0 bridgehead atoms. The van der Waals surface area contributed by atoms with Crippen molar-refractivity contribution in [2.45, 2.75) is 45.9 Å². The molecule has 0 radical (unpaired) electrons. The van der Waals surface area contributed by atoms with Gasteiger partial charge in [-0.2, -0.15) is 10.1 Å². The Hall–Kier alpha value is -3.58. The molecule has 1 aliphatic heterocycles. The van der Waals surface area contributed by atoms with Crippen LogP contribution in [0.25, 0.3) is 11.4 Å². The maximum absolute atomic E-state index is 13.1. The summed E-state index contributed by atoms with van der Waals surface area (Å²) in [5.74, 6) is 0.00175. The van der Waals surface area contributed by atoms with Gasteiger partial charge in [-0.3, -0.25) is 4.79 Å². The molecule has 1 aromatic carbocycles. The van der Waals surface area contributed by atoms with E-state index in [0.29, 0.717) is 29.3 Å². The van der Waals surface area contributed by atoms with Gasteiger partial charge in [-0.1, -0.05) is 0 Å². The quantitative estimate of drug-likeness (QED) is 0.652. The number of amides is 1. The average molecular weight is 423 g/mol. The van der Waals surface area contributed by atoms with Crippen LogP contribution in [0, 0.1) is 31.0 Å². The number of aromatic nitrogens is 5. The van der Waals surface area contributed by atoms with Gasteiger partial charge in [0.1, 0.15) is 24.2 Å². The summed E-state index contributed by atoms with van der Waals surface area (Å²) in [5, 5.41) is 24.5. The van der Waals surface area contributed by atoms with Crippen molar-refractivity contribution < 1.29 is 13.9 Å². The van der Waals surface area contributed by atoms with E-state index in [4.69, 9.17) is 4.74 Å². The molecule has 0 saturated carbocycles. The van der Waals surface area contributed by atoms with Crippen molar-refractivity contribution in [3.8, 4) is 17.5 Å². The molecule has 1 atom stereocenters. The van der Waals surface area contributed by atoms with Crippen molar-refractivity contribution in [2.75, 3.05) is 11.9 Å². The maximum atomic E-state index is 13.1. The summed E-state index contributed by atoms with van der Waals surface area (Å²) in [6, 6.07) is 7.88. The summed E-state index contributed by atoms with van der Waals surface area (Å²) in [5.41, 5.74) is 2.77. The number of hydrogen-bond donors (Lipinski definition) is 1. The van der Waals surface area contributed by atoms with Crippen molar-refractivity contribution in [2.24, 2.45) is 0 Å². The first-order chi connectivity index (χ1) is 15.0. The molecule has 0 aliphatic carbocycles. The van der Waals surface area contributed by atoms with Gasteiger partial charge in [-0.15, -0.1) is 10.2 Å². The molecule has 1 unspecified atom stereocenters. The number of tetrazole rings is 1. The van der Waals surface area contributed by atoms with Gasteiger partial charge in [0.05, 0.1) is 18.2 Å². The first-order valence-electron chi connectivity index (χ1n) is 10.0. The summed E-state index contributed by atoms with van der Waals surface area (Å²) in [6.07, 6.45) is 2.01. The molecule has 4 rings (SSSR count). The highest BCUT2D eigenvalue weighted by Crippen LogP contribution is 2.28. The lowest BCUT2D eigenvalue weighted by atomic mass is 10.2. The Labute approximate surface area is 178 Å². The minimum absolute atomic E-state index is 0.0583.